The van der Waals surface area contributed by atoms with Crippen LogP contribution < -0.4 is 21.3 Å². The van der Waals surface area contributed by atoms with E-state index in [9.17, 15) is 14.4 Å². The van der Waals surface area contributed by atoms with E-state index in [1.807, 2.05) is 13.8 Å². The smallest absolute Gasteiger partial charge is 0.242 e. The Hall–Kier alpha value is -1.63. The van der Waals surface area contributed by atoms with Gasteiger partial charge in [-0.3, -0.25) is 14.4 Å². The van der Waals surface area contributed by atoms with Crippen LogP contribution in [0.4, 0.5) is 0 Å². The number of hydrogen-bond donors (Lipinski definition) is 4. The summed E-state index contributed by atoms with van der Waals surface area (Å²) in [6.45, 7) is 4.35. The largest absolute Gasteiger partial charge is 0.359 e. The highest BCUT2D eigenvalue weighted by atomic mass is 16.2. The second kappa shape index (κ2) is 10.2. The number of hydrogen-bond acceptors (Lipinski definition) is 4. The fourth-order valence-electron chi connectivity index (χ4n) is 1.94. The molecule has 3 amide bonds. The summed E-state index contributed by atoms with van der Waals surface area (Å²) in [6.07, 6.45) is 1.70. The molecule has 0 saturated heterocycles. The molecule has 4 N–H and O–H groups in total. The Balaban J connectivity index is 4.51. The van der Waals surface area contributed by atoms with E-state index < -0.39 is 6.04 Å². The van der Waals surface area contributed by atoms with Crippen LogP contribution in [-0.4, -0.2) is 50.9 Å². The van der Waals surface area contributed by atoms with E-state index in [0.29, 0.717) is 25.8 Å². The Morgan fingerprint density at radius 1 is 1.15 bits per heavy atom. The first-order valence-corrected chi connectivity index (χ1v) is 6.84. The lowest BCUT2D eigenvalue weighted by Crippen LogP contribution is -2.53. The molecule has 2 atom stereocenters. The van der Waals surface area contributed by atoms with Crippen molar-refractivity contribution in [1.82, 2.24) is 21.3 Å². The summed E-state index contributed by atoms with van der Waals surface area (Å²) in [5.41, 5.74) is 0. The lowest BCUT2D eigenvalue weighted by molar-refractivity contribution is -0.130. The summed E-state index contributed by atoms with van der Waals surface area (Å²) in [5.74, 6) is -0.301. The molecule has 0 aliphatic heterocycles. The Bertz CT molecular complexity index is 321. The predicted molar refractivity (Wildman–Crippen MR) is 77.0 cm³/mol. The van der Waals surface area contributed by atoms with Crippen molar-refractivity contribution >= 4 is 18.2 Å². The molecule has 0 fully saturated rings. The van der Waals surface area contributed by atoms with E-state index >= 15 is 0 Å². The van der Waals surface area contributed by atoms with Gasteiger partial charge in [0.1, 0.15) is 6.04 Å². The van der Waals surface area contributed by atoms with Gasteiger partial charge in [0.25, 0.3) is 0 Å². The first kappa shape index (κ1) is 18.4. The molecule has 0 rings (SSSR count). The van der Waals surface area contributed by atoms with E-state index in [1.165, 1.54) is 7.05 Å². The van der Waals surface area contributed by atoms with Crippen molar-refractivity contribution in [2.24, 2.45) is 5.92 Å². The highest BCUT2D eigenvalue weighted by molar-refractivity contribution is 5.89. The van der Waals surface area contributed by atoms with Gasteiger partial charge in [0.15, 0.2) is 0 Å². The van der Waals surface area contributed by atoms with Crippen LogP contribution in [0.5, 0.6) is 0 Å². The average Bonchev–Trinajstić information content (AvgIpc) is 2.41. The first-order chi connectivity index (χ1) is 9.47. The molecule has 0 aromatic rings. The molecule has 0 saturated carbocycles. The summed E-state index contributed by atoms with van der Waals surface area (Å²) in [6, 6.07) is -0.925. The third-order valence-electron chi connectivity index (χ3n) is 3.04. The van der Waals surface area contributed by atoms with Gasteiger partial charge in [-0.15, -0.1) is 0 Å². The quantitative estimate of drug-likeness (QED) is 0.305. The molecule has 116 valence electrons. The summed E-state index contributed by atoms with van der Waals surface area (Å²) in [7, 11) is 3.25. The molecule has 7 heteroatoms. The molecular weight excluding hydrogens is 260 g/mol. The molecule has 2 unspecified atom stereocenters. The first-order valence-electron chi connectivity index (χ1n) is 6.84. The van der Waals surface area contributed by atoms with E-state index in [4.69, 9.17) is 0 Å². The summed E-state index contributed by atoms with van der Waals surface area (Å²) < 4.78 is 0. The maximum atomic E-state index is 12.1. The third kappa shape index (κ3) is 6.51. The average molecular weight is 286 g/mol. The molecular formula is C13H26N4O3. The Kier molecular flexibility index (Phi) is 9.36. The minimum atomic E-state index is -0.587. The molecule has 0 aliphatic rings. The van der Waals surface area contributed by atoms with Gasteiger partial charge >= 0.3 is 0 Å². The minimum absolute atomic E-state index is 0.127. The van der Waals surface area contributed by atoms with Gasteiger partial charge in [-0.25, -0.2) is 0 Å². The van der Waals surface area contributed by atoms with Crippen molar-refractivity contribution in [2.45, 2.75) is 38.8 Å². The van der Waals surface area contributed by atoms with Crippen LogP contribution in [0.1, 0.15) is 26.7 Å². The van der Waals surface area contributed by atoms with Gasteiger partial charge in [-0.2, -0.15) is 0 Å². The van der Waals surface area contributed by atoms with Crippen LogP contribution in [0.15, 0.2) is 0 Å². The molecule has 0 radical (unpaired) electrons. The summed E-state index contributed by atoms with van der Waals surface area (Å²) >= 11 is 0. The van der Waals surface area contributed by atoms with Gasteiger partial charge in [-0.05, 0) is 25.8 Å². The van der Waals surface area contributed by atoms with Gasteiger partial charge in [0.2, 0.25) is 18.2 Å². The van der Waals surface area contributed by atoms with E-state index in [2.05, 4.69) is 21.3 Å². The van der Waals surface area contributed by atoms with Crippen LogP contribution in [0, 0.1) is 5.92 Å². The molecule has 7 nitrogen and oxygen atoms in total. The third-order valence-corrected chi connectivity index (χ3v) is 3.04. The van der Waals surface area contributed by atoms with Crippen LogP contribution in [0.3, 0.4) is 0 Å². The molecule has 0 aromatic heterocycles. The molecule has 20 heavy (non-hydrogen) atoms. The number of rotatable bonds is 10. The maximum absolute atomic E-state index is 12.1. The van der Waals surface area contributed by atoms with Crippen molar-refractivity contribution in [3.05, 3.63) is 0 Å². The van der Waals surface area contributed by atoms with Gasteiger partial charge in [-0.1, -0.05) is 13.8 Å². The van der Waals surface area contributed by atoms with Crippen LogP contribution in [0.25, 0.3) is 0 Å². The number of nitrogens with one attached hydrogen (secondary N) is 4. The molecule has 0 spiro atoms. The van der Waals surface area contributed by atoms with Crippen LogP contribution in [0.2, 0.25) is 0 Å². The van der Waals surface area contributed by atoms with Crippen LogP contribution in [-0.2, 0) is 14.4 Å². The van der Waals surface area contributed by atoms with Crippen molar-refractivity contribution in [1.29, 1.82) is 0 Å². The lowest BCUT2D eigenvalue weighted by Gasteiger charge is -2.23. The zero-order valence-electron chi connectivity index (χ0n) is 12.7. The highest BCUT2D eigenvalue weighted by Crippen LogP contribution is 2.03. The predicted octanol–water partition coefficient (Wildman–Crippen LogP) is -1.01. The van der Waals surface area contributed by atoms with Gasteiger partial charge < -0.3 is 21.3 Å². The monoisotopic (exact) mass is 286 g/mol. The summed E-state index contributed by atoms with van der Waals surface area (Å²) in [5, 5.41) is 10.7. The second-order valence-corrected chi connectivity index (χ2v) is 4.90. The number of carbonyl (C=O) groups excluding carboxylic acids is 3. The van der Waals surface area contributed by atoms with E-state index in [-0.39, 0.29) is 23.8 Å². The number of likely N-dealkylation sites (N-methyl/N-ethyl adjacent to an activating group) is 2. The fraction of sp³-hybridized carbons (Fsp3) is 0.769. The molecule has 0 aromatic carbocycles. The normalized spacial score (nSPS) is 13.4. The van der Waals surface area contributed by atoms with E-state index in [0.717, 1.165) is 0 Å². The zero-order valence-corrected chi connectivity index (χ0v) is 12.7. The van der Waals surface area contributed by atoms with E-state index in [1.54, 1.807) is 7.05 Å². The highest BCUT2D eigenvalue weighted by Gasteiger charge is 2.25. The van der Waals surface area contributed by atoms with Crippen molar-refractivity contribution in [3.8, 4) is 0 Å². The molecule has 0 aliphatic carbocycles. The Morgan fingerprint density at radius 2 is 1.80 bits per heavy atom. The Labute approximate surface area is 120 Å². The van der Waals surface area contributed by atoms with Crippen molar-refractivity contribution in [2.75, 3.05) is 20.6 Å². The zero-order chi connectivity index (χ0) is 15.5. The lowest BCUT2D eigenvalue weighted by atomic mass is 10.0. The maximum Gasteiger partial charge on any atom is 0.242 e. The van der Waals surface area contributed by atoms with Crippen molar-refractivity contribution < 1.29 is 14.4 Å². The number of amides is 3. The van der Waals surface area contributed by atoms with Gasteiger partial charge in [0, 0.05) is 13.6 Å². The minimum Gasteiger partial charge on any atom is -0.359 e. The summed E-state index contributed by atoms with van der Waals surface area (Å²) in [4.78, 5) is 34.0. The standard InChI is InChI=1S/C13H26N4O3/c1-9(2)11(14-3)13(20)17-10(12(19)15-4)6-5-7-16-8-18/h8-11,14H,5-7H2,1-4H3,(H,15,19)(H,16,18)(H,17,20). The topological polar surface area (TPSA) is 99.3 Å². The van der Waals surface area contributed by atoms with Crippen molar-refractivity contribution in [3.63, 3.8) is 0 Å². The van der Waals surface area contributed by atoms with Crippen LogP contribution >= 0.6 is 0 Å². The number of carbonyl (C=O) groups is 3. The molecule has 0 bridgehead atoms. The second-order valence-electron chi connectivity index (χ2n) is 4.90. The Morgan fingerprint density at radius 3 is 2.25 bits per heavy atom. The SMILES string of the molecule is CNC(=O)C(CCCNC=O)NC(=O)C(NC)C(C)C. The van der Waals surface area contributed by atoms with Gasteiger partial charge in [0.05, 0.1) is 6.04 Å². The molecule has 0 heterocycles. The fourth-order valence-corrected chi connectivity index (χ4v) is 1.94.